The van der Waals surface area contributed by atoms with Gasteiger partial charge in [-0.1, -0.05) is 6.07 Å². The lowest BCUT2D eigenvalue weighted by atomic mass is 9.99. The minimum absolute atomic E-state index is 0. The van der Waals surface area contributed by atoms with Gasteiger partial charge in [0.2, 0.25) is 0 Å². The first-order valence-corrected chi connectivity index (χ1v) is 7.81. The number of halogens is 1. The van der Waals surface area contributed by atoms with Crippen molar-refractivity contribution in [3.63, 3.8) is 0 Å². The molecule has 0 aliphatic carbocycles. The highest BCUT2D eigenvalue weighted by Gasteiger charge is 2.17. The van der Waals surface area contributed by atoms with Gasteiger partial charge < -0.3 is 15.5 Å². The quantitative estimate of drug-likeness (QED) is 0.436. The van der Waals surface area contributed by atoms with Crippen molar-refractivity contribution in [2.75, 3.05) is 40.3 Å². The molecule has 0 bridgehead atoms. The second-order valence-corrected chi connectivity index (χ2v) is 5.72. The summed E-state index contributed by atoms with van der Waals surface area (Å²) < 4.78 is 0. The molecule has 0 spiro atoms. The summed E-state index contributed by atoms with van der Waals surface area (Å²) in [5, 5.41) is 6.79. The Labute approximate surface area is 151 Å². The molecule has 1 aliphatic rings. The van der Waals surface area contributed by atoms with E-state index in [0.717, 1.165) is 37.1 Å². The van der Waals surface area contributed by atoms with Crippen LogP contribution in [-0.4, -0.2) is 56.1 Å². The zero-order valence-electron chi connectivity index (χ0n) is 13.6. The van der Waals surface area contributed by atoms with Crippen molar-refractivity contribution in [3.05, 3.63) is 30.1 Å². The van der Waals surface area contributed by atoms with Crippen LogP contribution in [0, 0.1) is 5.92 Å². The normalized spacial score (nSPS) is 19.4. The molecule has 5 nitrogen and oxygen atoms in total. The van der Waals surface area contributed by atoms with E-state index in [1.54, 1.807) is 0 Å². The number of rotatable bonds is 5. The SMILES string of the molecule is CN=C(NCCc1ccccn1)NCC1CCCN(C)C1.I. The number of aliphatic imine (C=N–C) groups is 1. The Kier molecular flexibility index (Phi) is 9.38. The van der Waals surface area contributed by atoms with Gasteiger partial charge >= 0.3 is 0 Å². The lowest BCUT2D eigenvalue weighted by molar-refractivity contribution is 0.210. The third kappa shape index (κ3) is 6.91. The largest absolute Gasteiger partial charge is 0.356 e. The van der Waals surface area contributed by atoms with Crippen molar-refractivity contribution in [2.45, 2.75) is 19.3 Å². The number of piperidine rings is 1. The summed E-state index contributed by atoms with van der Waals surface area (Å²) >= 11 is 0. The predicted molar refractivity (Wildman–Crippen MR) is 103 cm³/mol. The van der Waals surface area contributed by atoms with Gasteiger partial charge in [-0.05, 0) is 44.5 Å². The van der Waals surface area contributed by atoms with Crippen molar-refractivity contribution in [1.29, 1.82) is 0 Å². The Morgan fingerprint density at radius 2 is 2.27 bits per heavy atom. The van der Waals surface area contributed by atoms with Crippen molar-refractivity contribution in [1.82, 2.24) is 20.5 Å². The van der Waals surface area contributed by atoms with Crippen LogP contribution in [0.25, 0.3) is 0 Å². The van der Waals surface area contributed by atoms with Crippen molar-refractivity contribution in [3.8, 4) is 0 Å². The molecule has 1 atom stereocenters. The number of hydrogen-bond donors (Lipinski definition) is 2. The molecule has 1 aliphatic heterocycles. The van der Waals surface area contributed by atoms with Gasteiger partial charge in [0.15, 0.2) is 5.96 Å². The Morgan fingerprint density at radius 1 is 1.41 bits per heavy atom. The fourth-order valence-corrected chi connectivity index (χ4v) is 2.76. The van der Waals surface area contributed by atoms with Crippen LogP contribution in [0.1, 0.15) is 18.5 Å². The molecule has 6 heteroatoms. The minimum atomic E-state index is 0. The molecular formula is C16H28IN5. The Morgan fingerprint density at radius 3 is 2.95 bits per heavy atom. The number of pyridine rings is 1. The molecule has 22 heavy (non-hydrogen) atoms. The number of nitrogens with zero attached hydrogens (tertiary/aromatic N) is 3. The predicted octanol–water partition coefficient (Wildman–Crippen LogP) is 1.75. The van der Waals surface area contributed by atoms with Crippen LogP contribution in [0.4, 0.5) is 0 Å². The Bertz CT molecular complexity index is 437. The third-order valence-electron chi connectivity index (χ3n) is 3.90. The van der Waals surface area contributed by atoms with Crippen LogP contribution < -0.4 is 10.6 Å². The van der Waals surface area contributed by atoms with Crippen LogP contribution in [0.2, 0.25) is 0 Å². The van der Waals surface area contributed by atoms with Crippen LogP contribution in [0.3, 0.4) is 0 Å². The van der Waals surface area contributed by atoms with E-state index < -0.39 is 0 Å². The highest BCUT2D eigenvalue weighted by molar-refractivity contribution is 14.0. The van der Waals surface area contributed by atoms with Crippen LogP contribution >= 0.6 is 24.0 Å². The molecule has 1 saturated heterocycles. The summed E-state index contributed by atoms with van der Waals surface area (Å²) in [6.07, 6.45) is 5.35. The average molecular weight is 417 g/mol. The number of guanidine groups is 1. The fourth-order valence-electron chi connectivity index (χ4n) is 2.76. The second kappa shape index (κ2) is 10.8. The Hall–Kier alpha value is -0.890. The molecule has 2 heterocycles. The van der Waals surface area contributed by atoms with Gasteiger partial charge in [0.25, 0.3) is 0 Å². The van der Waals surface area contributed by atoms with Crippen molar-refractivity contribution < 1.29 is 0 Å². The van der Waals surface area contributed by atoms with Gasteiger partial charge in [0.05, 0.1) is 0 Å². The van der Waals surface area contributed by atoms with Crippen molar-refractivity contribution in [2.24, 2.45) is 10.9 Å². The zero-order valence-corrected chi connectivity index (χ0v) is 15.9. The van der Waals surface area contributed by atoms with Gasteiger partial charge in [0, 0.05) is 45.0 Å². The third-order valence-corrected chi connectivity index (χ3v) is 3.90. The summed E-state index contributed by atoms with van der Waals surface area (Å²) in [5.41, 5.74) is 1.11. The number of aromatic nitrogens is 1. The first-order valence-electron chi connectivity index (χ1n) is 7.81. The molecule has 0 radical (unpaired) electrons. The molecule has 1 aromatic rings. The Balaban J connectivity index is 0.00000242. The monoisotopic (exact) mass is 417 g/mol. The van der Waals surface area contributed by atoms with Crippen LogP contribution in [-0.2, 0) is 6.42 Å². The van der Waals surface area contributed by atoms with Gasteiger partial charge in [-0.25, -0.2) is 0 Å². The maximum absolute atomic E-state index is 4.32. The number of likely N-dealkylation sites (tertiary alicyclic amines) is 1. The van der Waals surface area contributed by atoms with E-state index in [4.69, 9.17) is 0 Å². The van der Waals surface area contributed by atoms with Gasteiger partial charge in [-0.15, -0.1) is 24.0 Å². The molecule has 0 amide bonds. The lowest BCUT2D eigenvalue weighted by Crippen LogP contribution is -2.44. The second-order valence-electron chi connectivity index (χ2n) is 5.72. The summed E-state index contributed by atoms with van der Waals surface area (Å²) in [4.78, 5) is 11.0. The molecule has 2 N–H and O–H groups in total. The summed E-state index contributed by atoms with van der Waals surface area (Å²) in [5.74, 6) is 1.61. The van der Waals surface area contributed by atoms with E-state index >= 15 is 0 Å². The van der Waals surface area contributed by atoms with E-state index in [1.807, 2.05) is 25.4 Å². The first-order chi connectivity index (χ1) is 10.3. The molecular weight excluding hydrogens is 389 g/mol. The lowest BCUT2D eigenvalue weighted by Gasteiger charge is -2.30. The van der Waals surface area contributed by atoms with E-state index in [1.165, 1.54) is 25.9 Å². The summed E-state index contributed by atoms with van der Waals surface area (Å²) in [6.45, 7) is 4.25. The molecule has 0 saturated carbocycles. The van der Waals surface area contributed by atoms with Crippen molar-refractivity contribution >= 4 is 29.9 Å². The van der Waals surface area contributed by atoms with E-state index in [2.05, 4.69) is 38.6 Å². The fraction of sp³-hybridized carbons (Fsp3) is 0.625. The molecule has 1 aromatic heterocycles. The number of hydrogen-bond acceptors (Lipinski definition) is 3. The maximum Gasteiger partial charge on any atom is 0.190 e. The van der Waals surface area contributed by atoms with E-state index in [-0.39, 0.29) is 24.0 Å². The molecule has 2 rings (SSSR count). The molecule has 124 valence electrons. The standard InChI is InChI=1S/C16H27N5.HI/c1-17-16(19-10-8-15-7-3-4-9-18-15)20-12-14-6-5-11-21(2)13-14;/h3-4,7,9,14H,5-6,8,10-13H2,1-2H3,(H2,17,19,20);1H. The highest BCUT2D eigenvalue weighted by atomic mass is 127. The minimum Gasteiger partial charge on any atom is -0.356 e. The zero-order chi connectivity index (χ0) is 14.9. The summed E-state index contributed by atoms with van der Waals surface area (Å²) in [6, 6.07) is 6.02. The smallest absolute Gasteiger partial charge is 0.190 e. The van der Waals surface area contributed by atoms with Gasteiger partial charge in [-0.3, -0.25) is 9.98 Å². The first kappa shape index (κ1) is 19.2. The molecule has 0 aromatic carbocycles. The summed E-state index contributed by atoms with van der Waals surface area (Å²) in [7, 11) is 4.02. The maximum atomic E-state index is 4.32. The van der Waals surface area contributed by atoms with Crippen LogP contribution in [0.5, 0.6) is 0 Å². The molecule has 1 fully saturated rings. The van der Waals surface area contributed by atoms with E-state index in [0.29, 0.717) is 0 Å². The molecule has 1 unspecified atom stereocenters. The average Bonchev–Trinajstić information content (AvgIpc) is 2.52. The highest BCUT2D eigenvalue weighted by Crippen LogP contribution is 2.13. The van der Waals surface area contributed by atoms with Gasteiger partial charge in [-0.2, -0.15) is 0 Å². The topological polar surface area (TPSA) is 52.6 Å². The van der Waals surface area contributed by atoms with Gasteiger partial charge in [0.1, 0.15) is 0 Å². The number of nitrogens with one attached hydrogen (secondary N) is 2. The van der Waals surface area contributed by atoms with Crippen LogP contribution in [0.15, 0.2) is 29.4 Å². The van der Waals surface area contributed by atoms with E-state index in [9.17, 15) is 0 Å².